The minimum absolute atomic E-state index is 0.150. The first-order valence-corrected chi connectivity index (χ1v) is 7.03. The fraction of sp³-hybridized carbons (Fsp3) is 0.214. The molecule has 0 aliphatic rings. The van der Waals surface area contributed by atoms with E-state index in [1.54, 1.807) is 24.5 Å². The van der Waals surface area contributed by atoms with Crippen molar-refractivity contribution in [1.82, 2.24) is 10.3 Å². The molecule has 0 radical (unpaired) electrons. The van der Waals surface area contributed by atoms with Crippen LogP contribution in [0.25, 0.3) is 0 Å². The van der Waals surface area contributed by atoms with E-state index in [1.807, 2.05) is 17.5 Å². The molecule has 104 valence electrons. The summed E-state index contributed by atoms with van der Waals surface area (Å²) in [5.74, 6) is -0.302. The molecule has 6 heteroatoms. The number of hydrogen-bond acceptors (Lipinski definition) is 4. The van der Waals surface area contributed by atoms with Gasteiger partial charge >= 0.3 is 0 Å². The molecule has 0 fully saturated rings. The molecule has 0 spiro atoms. The molecule has 0 saturated heterocycles. The number of pyridine rings is 1. The summed E-state index contributed by atoms with van der Waals surface area (Å²) in [4.78, 5) is 28.1. The maximum absolute atomic E-state index is 12.0. The summed E-state index contributed by atoms with van der Waals surface area (Å²) >= 11 is 1.52. The zero-order valence-corrected chi connectivity index (χ0v) is 11.8. The van der Waals surface area contributed by atoms with Crippen LogP contribution in [-0.2, 0) is 9.59 Å². The minimum Gasteiger partial charge on any atom is -0.348 e. The Labute approximate surface area is 121 Å². The van der Waals surface area contributed by atoms with Crippen LogP contribution >= 0.6 is 11.3 Å². The number of nitrogens with one attached hydrogen (secondary N) is 2. The van der Waals surface area contributed by atoms with E-state index in [4.69, 9.17) is 0 Å². The molecule has 0 aromatic carbocycles. The van der Waals surface area contributed by atoms with Crippen molar-refractivity contribution in [2.75, 3.05) is 5.32 Å². The van der Waals surface area contributed by atoms with Crippen LogP contribution in [0.2, 0.25) is 0 Å². The van der Waals surface area contributed by atoms with E-state index in [2.05, 4.69) is 15.6 Å². The molecule has 20 heavy (non-hydrogen) atoms. The van der Waals surface area contributed by atoms with Crippen molar-refractivity contribution in [2.24, 2.45) is 0 Å². The predicted octanol–water partition coefficient (Wildman–Crippen LogP) is 2.35. The highest BCUT2D eigenvalue weighted by Crippen LogP contribution is 2.22. The Morgan fingerprint density at radius 1 is 1.30 bits per heavy atom. The zero-order valence-electron chi connectivity index (χ0n) is 11.0. The maximum atomic E-state index is 12.0. The van der Waals surface area contributed by atoms with E-state index < -0.39 is 0 Å². The van der Waals surface area contributed by atoms with Gasteiger partial charge in [-0.3, -0.25) is 14.6 Å². The smallest absolute Gasteiger partial charge is 0.226 e. The van der Waals surface area contributed by atoms with Crippen LogP contribution in [0.4, 0.5) is 5.69 Å². The molecule has 2 aromatic heterocycles. The van der Waals surface area contributed by atoms with Crippen molar-refractivity contribution in [3.05, 3.63) is 46.9 Å². The Hall–Kier alpha value is -2.21. The second kappa shape index (κ2) is 6.81. The minimum atomic E-state index is -0.297. The lowest BCUT2D eigenvalue weighted by Crippen LogP contribution is -2.29. The van der Waals surface area contributed by atoms with Gasteiger partial charge in [-0.1, -0.05) is 6.07 Å². The standard InChI is InChI=1S/C14H15N3O2S/c1-10(18)16-12(13-3-2-8-20-13)9-14(19)17-11-4-6-15-7-5-11/h2-8,12H,9H2,1H3,(H,16,18)(H,15,17,19)/t12-/m1/s1. The predicted molar refractivity (Wildman–Crippen MR) is 78.4 cm³/mol. The third-order valence-corrected chi connectivity index (χ3v) is 3.60. The molecule has 0 aliphatic heterocycles. The third kappa shape index (κ3) is 4.17. The number of carbonyl (C=O) groups excluding carboxylic acids is 2. The molecule has 2 N–H and O–H groups in total. The second-order valence-corrected chi connectivity index (χ2v) is 5.24. The molecule has 2 heterocycles. The average Bonchev–Trinajstić information content (AvgIpc) is 2.92. The Morgan fingerprint density at radius 2 is 2.05 bits per heavy atom. The van der Waals surface area contributed by atoms with E-state index in [-0.39, 0.29) is 24.3 Å². The number of thiophene rings is 1. The molecule has 2 aromatic rings. The number of anilines is 1. The number of rotatable bonds is 5. The van der Waals surface area contributed by atoms with Gasteiger partial charge in [0.1, 0.15) is 0 Å². The SMILES string of the molecule is CC(=O)N[C@H](CC(=O)Nc1ccncc1)c1cccs1. The van der Waals surface area contributed by atoms with Gasteiger partial charge in [0.15, 0.2) is 0 Å². The van der Waals surface area contributed by atoms with Crippen LogP contribution < -0.4 is 10.6 Å². The van der Waals surface area contributed by atoms with Crippen molar-refractivity contribution in [1.29, 1.82) is 0 Å². The highest BCUT2D eigenvalue weighted by atomic mass is 32.1. The lowest BCUT2D eigenvalue weighted by atomic mass is 10.1. The molecule has 0 aliphatic carbocycles. The van der Waals surface area contributed by atoms with Gasteiger partial charge in [-0.25, -0.2) is 0 Å². The topological polar surface area (TPSA) is 71.1 Å². The van der Waals surface area contributed by atoms with Gasteiger partial charge in [0.25, 0.3) is 0 Å². The van der Waals surface area contributed by atoms with Crippen LogP contribution in [0.3, 0.4) is 0 Å². The number of carbonyl (C=O) groups is 2. The van der Waals surface area contributed by atoms with Crippen LogP contribution in [0.15, 0.2) is 42.0 Å². The van der Waals surface area contributed by atoms with E-state index in [0.29, 0.717) is 5.69 Å². The van der Waals surface area contributed by atoms with Crippen molar-refractivity contribution < 1.29 is 9.59 Å². The van der Waals surface area contributed by atoms with Gasteiger partial charge in [0.05, 0.1) is 12.5 Å². The Bertz CT molecular complexity index is 569. The van der Waals surface area contributed by atoms with E-state index in [0.717, 1.165) is 4.88 Å². The third-order valence-electron chi connectivity index (χ3n) is 2.62. The molecular weight excluding hydrogens is 274 g/mol. The Kier molecular flexibility index (Phi) is 4.84. The highest BCUT2D eigenvalue weighted by molar-refractivity contribution is 7.10. The average molecular weight is 289 g/mol. The normalized spacial score (nSPS) is 11.7. The van der Waals surface area contributed by atoms with Gasteiger partial charge in [-0.15, -0.1) is 11.3 Å². The van der Waals surface area contributed by atoms with Gasteiger partial charge < -0.3 is 10.6 Å². The molecular formula is C14H15N3O2S. The first-order valence-electron chi connectivity index (χ1n) is 6.15. The van der Waals surface area contributed by atoms with Crippen LogP contribution in [-0.4, -0.2) is 16.8 Å². The number of hydrogen-bond donors (Lipinski definition) is 2. The zero-order chi connectivity index (χ0) is 14.4. The van der Waals surface area contributed by atoms with Crippen LogP contribution in [0.1, 0.15) is 24.3 Å². The van der Waals surface area contributed by atoms with Gasteiger partial charge in [0.2, 0.25) is 11.8 Å². The monoisotopic (exact) mass is 289 g/mol. The van der Waals surface area contributed by atoms with Crippen molar-refractivity contribution >= 4 is 28.8 Å². The summed E-state index contributed by atoms with van der Waals surface area (Å²) in [6.45, 7) is 1.45. The Balaban J connectivity index is 2.00. The van der Waals surface area contributed by atoms with Crippen molar-refractivity contribution in [3.8, 4) is 0 Å². The largest absolute Gasteiger partial charge is 0.348 e. The fourth-order valence-electron chi connectivity index (χ4n) is 1.79. The van der Waals surface area contributed by atoms with E-state index >= 15 is 0 Å². The molecule has 2 amide bonds. The van der Waals surface area contributed by atoms with Gasteiger partial charge in [-0.05, 0) is 23.6 Å². The van der Waals surface area contributed by atoms with Gasteiger partial charge in [0, 0.05) is 29.9 Å². The first kappa shape index (κ1) is 14.2. The fourth-order valence-corrected chi connectivity index (χ4v) is 2.57. The molecule has 5 nitrogen and oxygen atoms in total. The highest BCUT2D eigenvalue weighted by Gasteiger charge is 2.18. The number of aromatic nitrogens is 1. The Morgan fingerprint density at radius 3 is 2.65 bits per heavy atom. The maximum Gasteiger partial charge on any atom is 0.226 e. The second-order valence-electron chi connectivity index (χ2n) is 4.26. The quantitative estimate of drug-likeness (QED) is 0.887. The molecule has 0 saturated carbocycles. The van der Waals surface area contributed by atoms with Gasteiger partial charge in [-0.2, -0.15) is 0 Å². The molecule has 2 rings (SSSR count). The van der Waals surface area contributed by atoms with Crippen LogP contribution in [0, 0.1) is 0 Å². The summed E-state index contributed by atoms with van der Waals surface area (Å²) in [6, 6.07) is 6.95. The van der Waals surface area contributed by atoms with Crippen molar-refractivity contribution in [2.45, 2.75) is 19.4 Å². The van der Waals surface area contributed by atoms with Crippen LogP contribution in [0.5, 0.6) is 0 Å². The summed E-state index contributed by atoms with van der Waals surface area (Å²) < 4.78 is 0. The lowest BCUT2D eigenvalue weighted by Gasteiger charge is -2.16. The first-order chi connectivity index (χ1) is 9.65. The molecule has 0 bridgehead atoms. The molecule has 0 unspecified atom stereocenters. The summed E-state index contributed by atoms with van der Waals surface area (Å²) in [6.07, 6.45) is 3.42. The van der Waals surface area contributed by atoms with E-state index in [9.17, 15) is 9.59 Å². The molecule has 1 atom stereocenters. The summed E-state index contributed by atoms with van der Waals surface area (Å²) in [7, 11) is 0. The van der Waals surface area contributed by atoms with Crippen molar-refractivity contribution in [3.63, 3.8) is 0 Å². The number of amides is 2. The summed E-state index contributed by atoms with van der Waals surface area (Å²) in [5.41, 5.74) is 0.692. The lowest BCUT2D eigenvalue weighted by molar-refractivity contribution is -0.120. The van der Waals surface area contributed by atoms with E-state index in [1.165, 1.54) is 18.3 Å². The summed E-state index contributed by atoms with van der Waals surface area (Å²) in [5, 5.41) is 7.50. The number of nitrogens with zero attached hydrogens (tertiary/aromatic N) is 1.